The standard InChI is InChI=1S/C12H9NO.C5H10O4/c14-12(10-5-2-1-3-6-10)11-7-4-8-13-9-11;6-1-4-5(8)3(7)2-9-4/h1-9H;3-8H,1-2H2/t;3-,4+,5-/m.0/s1. The van der Waals surface area contributed by atoms with Crippen molar-refractivity contribution in [2.24, 2.45) is 0 Å². The van der Waals surface area contributed by atoms with Gasteiger partial charge in [-0.3, -0.25) is 9.78 Å². The topological polar surface area (TPSA) is 99.9 Å². The second kappa shape index (κ2) is 8.50. The van der Waals surface area contributed by atoms with E-state index < -0.39 is 18.3 Å². The number of aromatic nitrogens is 1. The molecule has 0 aliphatic carbocycles. The molecule has 2 aromatic rings. The molecule has 0 spiro atoms. The highest BCUT2D eigenvalue weighted by atomic mass is 16.5. The van der Waals surface area contributed by atoms with Gasteiger partial charge in [0.2, 0.25) is 0 Å². The first-order valence-electron chi connectivity index (χ1n) is 7.22. The van der Waals surface area contributed by atoms with Gasteiger partial charge in [0, 0.05) is 23.5 Å². The second-order valence-electron chi connectivity index (χ2n) is 5.05. The molecule has 0 amide bonds. The Hall–Kier alpha value is -2.12. The molecule has 6 heteroatoms. The smallest absolute Gasteiger partial charge is 0.194 e. The predicted octanol–water partition coefficient (Wildman–Crippen LogP) is 0.412. The summed E-state index contributed by atoms with van der Waals surface area (Å²) in [4.78, 5) is 15.7. The lowest BCUT2D eigenvalue weighted by molar-refractivity contribution is -0.00588. The number of rotatable bonds is 3. The van der Waals surface area contributed by atoms with Gasteiger partial charge in [-0.15, -0.1) is 0 Å². The molecule has 1 fully saturated rings. The molecule has 3 rings (SSSR count). The molecule has 0 bridgehead atoms. The summed E-state index contributed by atoms with van der Waals surface area (Å²) in [5.41, 5.74) is 1.32. The van der Waals surface area contributed by atoms with Crippen molar-refractivity contribution in [2.75, 3.05) is 13.2 Å². The number of aliphatic hydroxyl groups excluding tert-OH is 3. The van der Waals surface area contributed by atoms with Crippen molar-refractivity contribution in [2.45, 2.75) is 18.3 Å². The number of benzene rings is 1. The third-order valence-electron chi connectivity index (χ3n) is 3.40. The highest BCUT2D eigenvalue weighted by Crippen LogP contribution is 2.12. The molecule has 1 saturated heterocycles. The summed E-state index contributed by atoms with van der Waals surface area (Å²) in [6.07, 6.45) is 0.883. The third kappa shape index (κ3) is 4.67. The highest BCUT2D eigenvalue weighted by molar-refractivity contribution is 6.08. The van der Waals surface area contributed by atoms with Crippen molar-refractivity contribution in [3.63, 3.8) is 0 Å². The van der Waals surface area contributed by atoms with E-state index in [1.54, 1.807) is 36.7 Å². The van der Waals surface area contributed by atoms with E-state index in [0.29, 0.717) is 11.1 Å². The normalized spacial score (nSPS) is 23.0. The summed E-state index contributed by atoms with van der Waals surface area (Å²) in [7, 11) is 0. The van der Waals surface area contributed by atoms with Gasteiger partial charge in [0.05, 0.1) is 13.2 Å². The van der Waals surface area contributed by atoms with Crippen molar-refractivity contribution < 1.29 is 24.9 Å². The molecule has 122 valence electrons. The first-order chi connectivity index (χ1) is 11.1. The van der Waals surface area contributed by atoms with E-state index in [1.165, 1.54) is 0 Å². The zero-order chi connectivity index (χ0) is 16.7. The molecule has 0 saturated carbocycles. The molecule has 0 radical (unpaired) electrons. The number of pyridine rings is 1. The average Bonchev–Trinajstić information content (AvgIpc) is 2.95. The number of hydrogen-bond donors (Lipinski definition) is 3. The van der Waals surface area contributed by atoms with Gasteiger partial charge in [-0.2, -0.15) is 0 Å². The van der Waals surface area contributed by atoms with Crippen molar-refractivity contribution in [1.82, 2.24) is 4.98 Å². The Kier molecular flexibility index (Phi) is 6.37. The van der Waals surface area contributed by atoms with Crippen LogP contribution in [0.4, 0.5) is 0 Å². The molecule has 3 atom stereocenters. The Labute approximate surface area is 134 Å². The molecular formula is C17H19NO5. The van der Waals surface area contributed by atoms with Crippen LogP contribution in [0.1, 0.15) is 15.9 Å². The van der Waals surface area contributed by atoms with E-state index in [4.69, 9.17) is 20.1 Å². The molecular weight excluding hydrogens is 298 g/mol. The van der Waals surface area contributed by atoms with Gasteiger partial charge >= 0.3 is 0 Å². The maximum atomic E-state index is 11.8. The maximum Gasteiger partial charge on any atom is 0.194 e. The Morgan fingerprint density at radius 3 is 2.30 bits per heavy atom. The second-order valence-corrected chi connectivity index (χ2v) is 5.05. The molecule has 1 aliphatic rings. The van der Waals surface area contributed by atoms with Crippen molar-refractivity contribution in [1.29, 1.82) is 0 Å². The van der Waals surface area contributed by atoms with E-state index in [2.05, 4.69) is 4.98 Å². The van der Waals surface area contributed by atoms with Gasteiger partial charge in [-0.25, -0.2) is 0 Å². The minimum atomic E-state index is -0.921. The van der Waals surface area contributed by atoms with Crippen LogP contribution >= 0.6 is 0 Å². The fourth-order valence-corrected chi connectivity index (χ4v) is 2.08. The van der Waals surface area contributed by atoms with Gasteiger partial charge in [0.25, 0.3) is 0 Å². The lowest BCUT2D eigenvalue weighted by Gasteiger charge is -2.10. The average molecular weight is 317 g/mol. The van der Waals surface area contributed by atoms with E-state index in [-0.39, 0.29) is 19.0 Å². The van der Waals surface area contributed by atoms with Gasteiger partial charge in [-0.05, 0) is 12.1 Å². The van der Waals surface area contributed by atoms with E-state index >= 15 is 0 Å². The Morgan fingerprint density at radius 2 is 1.83 bits per heavy atom. The highest BCUT2D eigenvalue weighted by Gasteiger charge is 2.33. The van der Waals surface area contributed by atoms with Gasteiger partial charge in [-0.1, -0.05) is 30.3 Å². The van der Waals surface area contributed by atoms with Crippen LogP contribution in [-0.4, -0.2) is 57.6 Å². The fraction of sp³-hybridized carbons (Fsp3) is 0.294. The first-order valence-corrected chi connectivity index (χ1v) is 7.22. The predicted molar refractivity (Wildman–Crippen MR) is 83.0 cm³/mol. The molecule has 1 aliphatic heterocycles. The van der Waals surface area contributed by atoms with Crippen LogP contribution in [-0.2, 0) is 4.74 Å². The molecule has 1 aromatic carbocycles. The SMILES string of the molecule is O=C(c1ccccc1)c1cccnc1.OC[C@H]1OC[C@H](O)[C@@H]1O. The Morgan fingerprint density at radius 1 is 1.13 bits per heavy atom. The number of ketones is 1. The molecule has 3 N–H and O–H groups in total. The van der Waals surface area contributed by atoms with E-state index in [9.17, 15) is 4.79 Å². The summed E-state index contributed by atoms with van der Waals surface area (Å²) in [6.45, 7) is -0.120. The van der Waals surface area contributed by atoms with Gasteiger partial charge in [0.15, 0.2) is 5.78 Å². The molecule has 2 heterocycles. The number of carbonyl (C=O) groups excluding carboxylic acids is 1. The summed E-state index contributed by atoms with van der Waals surface area (Å²) in [6, 6.07) is 12.7. The molecule has 6 nitrogen and oxygen atoms in total. The van der Waals surface area contributed by atoms with Gasteiger partial charge in [0.1, 0.15) is 18.3 Å². The summed E-state index contributed by atoms with van der Waals surface area (Å²) >= 11 is 0. The zero-order valence-electron chi connectivity index (χ0n) is 12.4. The number of ether oxygens (including phenoxy) is 1. The van der Waals surface area contributed by atoms with Crippen LogP contribution in [0.2, 0.25) is 0 Å². The molecule has 1 aromatic heterocycles. The van der Waals surface area contributed by atoms with Crippen LogP contribution in [0.3, 0.4) is 0 Å². The van der Waals surface area contributed by atoms with Gasteiger partial charge < -0.3 is 20.1 Å². The van der Waals surface area contributed by atoms with Crippen molar-refractivity contribution >= 4 is 5.78 Å². The third-order valence-corrected chi connectivity index (χ3v) is 3.40. The first kappa shape index (κ1) is 17.2. The van der Waals surface area contributed by atoms with Crippen molar-refractivity contribution in [3.05, 3.63) is 66.0 Å². The van der Waals surface area contributed by atoms with Crippen molar-refractivity contribution in [3.8, 4) is 0 Å². The van der Waals surface area contributed by atoms with Crippen LogP contribution in [0.15, 0.2) is 54.9 Å². The Bertz CT molecular complexity index is 563. The van der Waals surface area contributed by atoms with Crippen LogP contribution in [0.5, 0.6) is 0 Å². The quantitative estimate of drug-likeness (QED) is 0.709. The summed E-state index contributed by atoms with van der Waals surface area (Å²) in [5.74, 6) is 0.0127. The lowest BCUT2D eigenvalue weighted by Crippen LogP contribution is -2.31. The van der Waals surface area contributed by atoms with E-state index in [0.717, 1.165) is 0 Å². The lowest BCUT2D eigenvalue weighted by atomic mass is 10.1. The summed E-state index contributed by atoms with van der Waals surface area (Å²) in [5, 5.41) is 26.2. The monoisotopic (exact) mass is 317 g/mol. The minimum absolute atomic E-state index is 0.0127. The van der Waals surface area contributed by atoms with Crippen LogP contribution in [0.25, 0.3) is 0 Å². The minimum Gasteiger partial charge on any atom is -0.394 e. The Balaban J connectivity index is 0.000000185. The van der Waals surface area contributed by atoms with Crippen LogP contribution in [0, 0.1) is 0 Å². The number of aliphatic hydroxyl groups is 3. The van der Waals surface area contributed by atoms with Crippen LogP contribution < -0.4 is 0 Å². The largest absolute Gasteiger partial charge is 0.394 e. The number of hydrogen-bond acceptors (Lipinski definition) is 6. The maximum absolute atomic E-state index is 11.8. The fourth-order valence-electron chi connectivity index (χ4n) is 2.08. The molecule has 23 heavy (non-hydrogen) atoms. The molecule has 0 unspecified atom stereocenters. The number of carbonyl (C=O) groups is 1. The number of nitrogens with zero attached hydrogens (tertiary/aromatic N) is 1. The zero-order valence-corrected chi connectivity index (χ0v) is 12.4. The summed E-state index contributed by atoms with van der Waals surface area (Å²) < 4.78 is 4.78. The van der Waals surface area contributed by atoms with E-state index in [1.807, 2.05) is 18.2 Å².